The average molecular weight is 628 g/mol. The second-order valence-electron chi connectivity index (χ2n) is 6.80. The molecule has 13 nitrogen and oxygen atoms in total. The highest BCUT2D eigenvalue weighted by Gasteiger charge is 2.69. The molecule has 0 bridgehead atoms. The van der Waals surface area contributed by atoms with Crippen LogP contribution in [0.1, 0.15) is 6.92 Å². The SMILES string of the molecule is C=CC(=O)ONC(=O)OCC(F)(F)OC(F)(F)C(F)(F)OC(F)(F)OC(F)(F)COC(=O)NCCOC(=O)C(=C)C. The molecule has 0 atom stereocenters. The lowest BCUT2D eigenvalue weighted by Crippen LogP contribution is -2.54. The third-order valence-corrected chi connectivity index (χ3v) is 3.23. The number of alkyl carbamates (subject to hydrolysis) is 1. The summed E-state index contributed by atoms with van der Waals surface area (Å²) in [4.78, 5) is 47.7. The first-order valence-corrected chi connectivity index (χ1v) is 9.93. The number of carbonyl (C=O) groups excluding carboxylic acids is 4. The number of rotatable bonds is 16. The van der Waals surface area contributed by atoms with Gasteiger partial charge in [0.05, 0.1) is 6.54 Å². The number of esters is 1. The summed E-state index contributed by atoms with van der Waals surface area (Å²) in [5, 5.41) is 1.68. The Labute approximate surface area is 221 Å². The molecule has 0 aliphatic carbocycles. The van der Waals surface area contributed by atoms with E-state index in [1.807, 2.05) is 0 Å². The van der Waals surface area contributed by atoms with Crippen LogP contribution in [0.25, 0.3) is 0 Å². The van der Waals surface area contributed by atoms with Gasteiger partial charge in [-0.3, -0.25) is 0 Å². The van der Waals surface area contributed by atoms with Crippen LogP contribution < -0.4 is 10.8 Å². The molecule has 41 heavy (non-hydrogen) atoms. The standard InChI is InChI=1S/C18H18F10N2O11/c1-4-10(31)38-30-13(34)37-7-14(19,20)39-16(23,24)17(25,26)41-18(27,28)40-15(21,22)8-36-12(33)29-5-6-35-11(32)9(2)3/h4H,1-2,5-8H2,3H3,(H,29,33)(H,30,34). The van der Waals surface area contributed by atoms with Gasteiger partial charge in [-0.1, -0.05) is 13.2 Å². The Morgan fingerprint density at radius 2 is 1.24 bits per heavy atom. The first-order chi connectivity index (χ1) is 18.4. The number of carbonyl (C=O) groups is 4. The zero-order valence-electron chi connectivity index (χ0n) is 20.1. The molecule has 0 rings (SSSR count). The Hall–Kier alpha value is -3.86. The molecule has 2 N–H and O–H groups in total. The van der Waals surface area contributed by atoms with E-state index in [9.17, 15) is 63.1 Å². The van der Waals surface area contributed by atoms with Crippen molar-refractivity contribution in [3.63, 3.8) is 0 Å². The van der Waals surface area contributed by atoms with E-state index in [0.29, 0.717) is 6.08 Å². The molecule has 0 saturated heterocycles. The first kappa shape index (κ1) is 37.1. The maximum absolute atomic E-state index is 13.5. The summed E-state index contributed by atoms with van der Waals surface area (Å²) in [6.45, 7) is 1.17. The fourth-order valence-corrected chi connectivity index (χ4v) is 1.64. The summed E-state index contributed by atoms with van der Waals surface area (Å²) in [6.07, 6.45) is -34.4. The highest BCUT2D eigenvalue weighted by molar-refractivity contribution is 5.86. The van der Waals surface area contributed by atoms with Crippen LogP contribution in [0.15, 0.2) is 24.8 Å². The Morgan fingerprint density at radius 1 is 0.756 bits per heavy atom. The summed E-state index contributed by atoms with van der Waals surface area (Å²) in [5.74, 6) is -2.26. The average Bonchev–Trinajstić information content (AvgIpc) is 2.80. The van der Waals surface area contributed by atoms with Gasteiger partial charge in [-0.05, 0) is 6.92 Å². The molecular formula is C18H18F10N2O11. The van der Waals surface area contributed by atoms with Crippen molar-refractivity contribution in [2.45, 2.75) is 37.7 Å². The van der Waals surface area contributed by atoms with Crippen LogP contribution in [0, 0.1) is 0 Å². The van der Waals surface area contributed by atoms with E-state index in [1.165, 1.54) is 6.92 Å². The molecule has 0 unspecified atom stereocenters. The van der Waals surface area contributed by atoms with Gasteiger partial charge in [0.25, 0.3) is 0 Å². The van der Waals surface area contributed by atoms with Crippen molar-refractivity contribution in [1.82, 2.24) is 10.8 Å². The molecule has 0 spiro atoms. The molecule has 236 valence electrons. The predicted molar refractivity (Wildman–Crippen MR) is 104 cm³/mol. The van der Waals surface area contributed by atoms with Crippen LogP contribution in [-0.2, 0) is 42.8 Å². The van der Waals surface area contributed by atoms with Crippen LogP contribution in [0.5, 0.6) is 0 Å². The van der Waals surface area contributed by atoms with E-state index < -0.39 is 81.2 Å². The van der Waals surface area contributed by atoms with Crippen LogP contribution >= 0.6 is 0 Å². The fourth-order valence-electron chi connectivity index (χ4n) is 1.64. The van der Waals surface area contributed by atoms with Gasteiger partial charge < -0.3 is 24.4 Å². The van der Waals surface area contributed by atoms with Crippen molar-refractivity contribution in [3.05, 3.63) is 24.8 Å². The van der Waals surface area contributed by atoms with Gasteiger partial charge in [-0.2, -0.15) is 35.1 Å². The van der Waals surface area contributed by atoms with Crippen molar-refractivity contribution in [2.75, 3.05) is 26.4 Å². The summed E-state index contributed by atoms with van der Waals surface area (Å²) >= 11 is 0. The molecule has 2 amide bonds. The summed E-state index contributed by atoms with van der Waals surface area (Å²) in [5.41, 5.74) is 0.974. The number of nitrogens with one attached hydrogen (secondary N) is 2. The van der Waals surface area contributed by atoms with Gasteiger partial charge >= 0.3 is 54.9 Å². The topological polar surface area (TPSA) is 157 Å². The second kappa shape index (κ2) is 14.7. The molecule has 0 fully saturated rings. The Kier molecular flexibility index (Phi) is 13.3. The Morgan fingerprint density at radius 3 is 1.76 bits per heavy atom. The van der Waals surface area contributed by atoms with Gasteiger partial charge in [0.2, 0.25) is 0 Å². The van der Waals surface area contributed by atoms with Crippen LogP contribution in [0.3, 0.4) is 0 Å². The molecule has 0 aromatic carbocycles. The number of hydroxylamine groups is 1. The number of alkyl halides is 10. The van der Waals surface area contributed by atoms with Gasteiger partial charge in [-0.15, -0.1) is 14.3 Å². The quantitative estimate of drug-likeness (QED) is 0.0492. The molecule has 0 aliphatic heterocycles. The molecule has 0 heterocycles. The fraction of sp³-hybridized carbons (Fsp3) is 0.556. The normalized spacial score (nSPS) is 12.6. The van der Waals surface area contributed by atoms with Gasteiger partial charge in [-0.25, -0.2) is 33.4 Å². The number of halogens is 10. The Bertz CT molecular complexity index is 979. The van der Waals surface area contributed by atoms with Crippen molar-refractivity contribution >= 4 is 24.1 Å². The third kappa shape index (κ3) is 14.9. The molecule has 0 aliphatic rings. The van der Waals surface area contributed by atoms with Crippen molar-refractivity contribution < 1.29 is 96.3 Å². The smallest absolute Gasteiger partial charge is 0.460 e. The summed E-state index contributed by atoms with van der Waals surface area (Å²) in [7, 11) is 0. The van der Waals surface area contributed by atoms with Crippen LogP contribution in [0.4, 0.5) is 53.5 Å². The van der Waals surface area contributed by atoms with E-state index in [2.05, 4.69) is 46.4 Å². The van der Waals surface area contributed by atoms with Crippen LogP contribution in [0.2, 0.25) is 0 Å². The van der Waals surface area contributed by atoms with Crippen molar-refractivity contribution in [2.24, 2.45) is 0 Å². The maximum atomic E-state index is 13.5. The largest absolute Gasteiger partial charge is 0.495 e. The lowest BCUT2D eigenvalue weighted by Gasteiger charge is -2.31. The lowest BCUT2D eigenvalue weighted by atomic mass is 10.4. The van der Waals surface area contributed by atoms with Crippen molar-refractivity contribution in [1.29, 1.82) is 0 Å². The molecule has 0 saturated carbocycles. The minimum Gasteiger partial charge on any atom is -0.460 e. The molecule has 0 aromatic heterocycles. The van der Waals surface area contributed by atoms with Crippen LogP contribution in [-0.4, -0.2) is 81.2 Å². The first-order valence-electron chi connectivity index (χ1n) is 9.93. The van der Waals surface area contributed by atoms with Crippen molar-refractivity contribution in [3.8, 4) is 0 Å². The maximum Gasteiger partial charge on any atom is 0.495 e. The second-order valence-corrected chi connectivity index (χ2v) is 6.80. The minimum atomic E-state index is -6.84. The monoisotopic (exact) mass is 628 g/mol. The predicted octanol–water partition coefficient (Wildman–Crippen LogP) is 3.17. The molecule has 23 heteroatoms. The van der Waals surface area contributed by atoms with Gasteiger partial charge in [0.1, 0.15) is 6.61 Å². The lowest BCUT2D eigenvalue weighted by molar-refractivity contribution is -0.566. The minimum absolute atomic E-state index is 0.0418. The third-order valence-electron chi connectivity index (χ3n) is 3.23. The number of amides is 2. The van der Waals surface area contributed by atoms with Gasteiger partial charge in [0.15, 0.2) is 13.2 Å². The molecule has 0 aromatic rings. The highest BCUT2D eigenvalue weighted by Crippen LogP contribution is 2.44. The molecule has 0 radical (unpaired) electrons. The summed E-state index contributed by atoms with van der Waals surface area (Å²) < 4.78 is 153. The summed E-state index contributed by atoms with van der Waals surface area (Å²) in [6, 6.07) is 0. The van der Waals surface area contributed by atoms with E-state index >= 15 is 0 Å². The number of hydrogen-bond acceptors (Lipinski definition) is 11. The van der Waals surface area contributed by atoms with E-state index in [0.717, 1.165) is 5.48 Å². The number of ether oxygens (including phenoxy) is 6. The van der Waals surface area contributed by atoms with E-state index in [-0.39, 0.29) is 5.57 Å². The number of hydrogen-bond donors (Lipinski definition) is 2. The zero-order valence-corrected chi connectivity index (χ0v) is 20.1. The zero-order chi connectivity index (χ0) is 32.3. The Balaban J connectivity index is 4.96. The van der Waals surface area contributed by atoms with E-state index in [1.54, 1.807) is 5.32 Å². The molecular weight excluding hydrogens is 610 g/mol. The van der Waals surface area contributed by atoms with E-state index in [4.69, 9.17) is 0 Å². The highest BCUT2D eigenvalue weighted by atomic mass is 19.3. The van der Waals surface area contributed by atoms with Gasteiger partial charge in [0, 0.05) is 11.6 Å².